The average Bonchev–Trinajstić information content (AvgIpc) is 2.62. The number of nitrogens with one attached hydrogen (secondary N) is 3. The van der Waals surface area contributed by atoms with Crippen molar-refractivity contribution in [3.05, 3.63) is 58.3 Å². The van der Waals surface area contributed by atoms with E-state index in [4.69, 9.17) is 0 Å². The van der Waals surface area contributed by atoms with Crippen molar-refractivity contribution in [1.82, 2.24) is 10.0 Å². The van der Waals surface area contributed by atoms with Gasteiger partial charge in [0.1, 0.15) is 5.82 Å². The van der Waals surface area contributed by atoms with Crippen molar-refractivity contribution in [1.29, 1.82) is 0 Å². The lowest BCUT2D eigenvalue weighted by Gasteiger charge is -2.11. The molecule has 3 N–H and O–H groups in total. The third-order valence-corrected chi connectivity index (χ3v) is 5.83. The minimum absolute atomic E-state index is 0.0314. The van der Waals surface area contributed by atoms with E-state index in [1.165, 1.54) is 0 Å². The fourth-order valence-corrected chi connectivity index (χ4v) is 3.91. The number of amides is 2. The summed E-state index contributed by atoms with van der Waals surface area (Å²) >= 11 is 3.29. The molecule has 0 saturated carbocycles. The topological polar surface area (TPSA) is 104 Å². The van der Waals surface area contributed by atoms with Crippen LogP contribution in [-0.2, 0) is 14.8 Å². The first kappa shape index (κ1) is 23.0. The standard InChI is InChI=1S/C19H21BrFN3O4S/c1-12(2)24-29(27,28)15-7-8-17(21)16(11-15)19(26)22-10-9-18(25)23-14-5-3-13(20)4-6-14/h3-8,11-12,24H,9-10H2,1-2H3,(H,22,26)(H,23,25). The van der Waals surface area contributed by atoms with Crippen molar-refractivity contribution in [2.24, 2.45) is 0 Å². The van der Waals surface area contributed by atoms with Crippen LogP contribution in [0.15, 0.2) is 51.8 Å². The van der Waals surface area contributed by atoms with Gasteiger partial charge in [-0.2, -0.15) is 0 Å². The van der Waals surface area contributed by atoms with E-state index in [1.807, 2.05) is 0 Å². The maximum Gasteiger partial charge on any atom is 0.254 e. The third kappa shape index (κ3) is 6.91. The normalized spacial score (nSPS) is 11.3. The highest BCUT2D eigenvalue weighted by molar-refractivity contribution is 9.10. The Balaban J connectivity index is 1.97. The summed E-state index contributed by atoms with van der Waals surface area (Å²) in [4.78, 5) is 24.0. The van der Waals surface area contributed by atoms with Gasteiger partial charge >= 0.3 is 0 Å². The summed E-state index contributed by atoms with van der Waals surface area (Å²) in [6.07, 6.45) is -0.0314. The zero-order valence-corrected chi connectivity index (χ0v) is 18.2. The van der Waals surface area contributed by atoms with Crippen LogP contribution in [0.1, 0.15) is 30.6 Å². The Morgan fingerprint density at radius 1 is 1.10 bits per heavy atom. The number of carbonyl (C=O) groups excluding carboxylic acids is 2. The third-order valence-electron chi connectivity index (χ3n) is 3.65. The van der Waals surface area contributed by atoms with Gasteiger partial charge in [-0.3, -0.25) is 9.59 Å². The van der Waals surface area contributed by atoms with Crippen LogP contribution >= 0.6 is 15.9 Å². The van der Waals surface area contributed by atoms with Gasteiger partial charge in [0.05, 0.1) is 10.5 Å². The van der Waals surface area contributed by atoms with Crippen LogP contribution in [0.2, 0.25) is 0 Å². The van der Waals surface area contributed by atoms with E-state index in [-0.39, 0.29) is 29.8 Å². The van der Waals surface area contributed by atoms with Gasteiger partial charge in [0.15, 0.2) is 0 Å². The van der Waals surface area contributed by atoms with E-state index in [2.05, 4.69) is 31.3 Å². The molecule has 29 heavy (non-hydrogen) atoms. The minimum atomic E-state index is -3.87. The molecule has 0 heterocycles. The smallest absolute Gasteiger partial charge is 0.254 e. The molecule has 2 aromatic rings. The number of anilines is 1. The maximum absolute atomic E-state index is 14.0. The molecular formula is C19H21BrFN3O4S. The Hall–Kier alpha value is -2.30. The molecule has 0 saturated heterocycles. The predicted octanol–water partition coefficient (Wildman–Crippen LogP) is 3.03. The highest BCUT2D eigenvalue weighted by Gasteiger charge is 2.20. The number of halogens is 2. The molecule has 2 amide bonds. The summed E-state index contributed by atoms with van der Waals surface area (Å²) in [6, 6.07) is 9.60. The van der Waals surface area contributed by atoms with Crippen molar-refractivity contribution in [2.75, 3.05) is 11.9 Å². The molecule has 0 atom stereocenters. The number of benzene rings is 2. The van der Waals surface area contributed by atoms with Gasteiger partial charge < -0.3 is 10.6 Å². The molecule has 0 aromatic heterocycles. The van der Waals surface area contributed by atoms with Gasteiger partial charge in [-0.15, -0.1) is 0 Å². The van der Waals surface area contributed by atoms with Crippen LogP contribution in [0.3, 0.4) is 0 Å². The molecule has 0 aliphatic heterocycles. The van der Waals surface area contributed by atoms with Crippen LogP contribution in [0.4, 0.5) is 10.1 Å². The van der Waals surface area contributed by atoms with E-state index in [0.29, 0.717) is 5.69 Å². The Bertz CT molecular complexity index is 995. The number of rotatable bonds is 8. The second kappa shape index (κ2) is 9.95. The lowest BCUT2D eigenvalue weighted by molar-refractivity contribution is -0.116. The molecule has 2 rings (SSSR count). The van der Waals surface area contributed by atoms with E-state index in [1.54, 1.807) is 38.1 Å². The summed E-state index contributed by atoms with van der Waals surface area (Å²) in [5.41, 5.74) is 0.191. The molecule has 0 spiro atoms. The van der Waals surface area contributed by atoms with Crippen LogP contribution in [0.5, 0.6) is 0 Å². The Labute approximate surface area is 177 Å². The maximum atomic E-state index is 14.0. The van der Waals surface area contributed by atoms with Crippen LogP contribution in [0, 0.1) is 5.82 Å². The Morgan fingerprint density at radius 3 is 2.38 bits per heavy atom. The number of carbonyl (C=O) groups is 2. The molecule has 0 radical (unpaired) electrons. The summed E-state index contributed by atoms with van der Waals surface area (Å²) in [5, 5.41) is 5.09. The molecule has 0 unspecified atom stereocenters. The van der Waals surface area contributed by atoms with Crippen LogP contribution in [-0.4, -0.2) is 32.8 Å². The lowest BCUT2D eigenvalue weighted by Crippen LogP contribution is -2.31. The SMILES string of the molecule is CC(C)NS(=O)(=O)c1ccc(F)c(C(=O)NCCC(=O)Nc2ccc(Br)cc2)c1. The van der Waals surface area contributed by atoms with Gasteiger partial charge in [0.25, 0.3) is 5.91 Å². The number of hydrogen-bond donors (Lipinski definition) is 3. The molecule has 0 bridgehead atoms. The summed E-state index contributed by atoms with van der Waals surface area (Å²) in [7, 11) is -3.87. The van der Waals surface area contributed by atoms with Gasteiger partial charge in [0, 0.05) is 29.2 Å². The zero-order valence-electron chi connectivity index (χ0n) is 15.8. The van der Waals surface area contributed by atoms with Gasteiger partial charge in [0.2, 0.25) is 15.9 Å². The van der Waals surface area contributed by atoms with Crippen molar-refractivity contribution >= 4 is 43.5 Å². The fourth-order valence-electron chi connectivity index (χ4n) is 2.37. The number of hydrogen-bond acceptors (Lipinski definition) is 4. The molecule has 156 valence electrons. The lowest BCUT2D eigenvalue weighted by atomic mass is 10.2. The monoisotopic (exact) mass is 485 g/mol. The summed E-state index contributed by atoms with van der Waals surface area (Å²) in [6.45, 7) is 3.25. The minimum Gasteiger partial charge on any atom is -0.351 e. The van der Waals surface area contributed by atoms with Gasteiger partial charge in [-0.25, -0.2) is 17.5 Å². The molecular weight excluding hydrogens is 465 g/mol. The van der Waals surface area contributed by atoms with E-state index < -0.39 is 27.3 Å². The van der Waals surface area contributed by atoms with Crippen molar-refractivity contribution < 1.29 is 22.4 Å². The van der Waals surface area contributed by atoms with Gasteiger partial charge in [-0.1, -0.05) is 15.9 Å². The fraction of sp³-hybridized carbons (Fsp3) is 0.263. The first-order valence-electron chi connectivity index (χ1n) is 8.74. The summed E-state index contributed by atoms with van der Waals surface area (Å²) < 4.78 is 41.7. The van der Waals surface area contributed by atoms with Crippen LogP contribution < -0.4 is 15.4 Å². The van der Waals surface area contributed by atoms with E-state index in [0.717, 1.165) is 22.7 Å². The molecule has 0 fully saturated rings. The highest BCUT2D eigenvalue weighted by Crippen LogP contribution is 2.16. The molecule has 7 nitrogen and oxygen atoms in total. The number of sulfonamides is 1. The summed E-state index contributed by atoms with van der Waals surface area (Å²) in [5.74, 6) is -1.99. The average molecular weight is 486 g/mol. The zero-order chi connectivity index (χ0) is 21.6. The largest absolute Gasteiger partial charge is 0.351 e. The predicted molar refractivity (Wildman–Crippen MR) is 112 cm³/mol. The highest BCUT2D eigenvalue weighted by atomic mass is 79.9. The Morgan fingerprint density at radius 2 is 1.76 bits per heavy atom. The van der Waals surface area contributed by atoms with Gasteiger partial charge in [-0.05, 0) is 56.3 Å². The molecule has 2 aromatic carbocycles. The van der Waals surface area contributed by atoms with E-state index in [9.17, 15) is 22.4 Å². The first-order valence-corrected chi connectivity index (χ1v) is 11.0. The van der Waals surface area contributed by atoms with Crippen molar-refractivity contribution in [3.63, 3.8) is 0 Å². The molecule has 10 heteroatoms. The first-order chi connectivity index (χ1) is 13.6. The van der Waals surface area contributed by atoms with Crippen LogP contribution in [0.25, 0.3) is 0 Å². The van der Waals surface area contributed by atoms with E-state index >= 15 is 0 Å². The second-order valence-electron chi connectivity index (χ2n) is 6.48. The molecule has 0 aliphatic rings. The molecule has 0 aliphatic carbocycles. The quantitative estimate of drug-likeness (QED) is 0.534. The second-order valence-corrected chi connectivity index (χ2v) is 9.11. The van der Waals surface area contributed by atoms with Crippen molar-refractivity contribution in [2.45, 2.75) is 31.2 Å². The Kier molecular flexibility index (Phi) is 7.88. The van der Waals surface area contributed by atoms with Crippen molar-refractivity contribution in [3.8, 4) is 0 Å².